The van der Waals surface area contributed by atoms with Crippen molar-refractivity contribution in [3.8, 4) is 5.75 Å². The van der Waals surface area contributed by atoms with E-state index in [1.54, 1.807) is 0 Å². The first kappa shape index (κ1) is 10.7. The summed E-state index contributed by atoms with van der Waals surface area (Å²) < 4.78 is 31.0. The summed E-state index contributed by atoms with van der Waals surface area (Å²) in [7, 11) is 2.71. The zero-order valence-corrected chi connectivity index (χ0v) is 7.92. The summed E-state index contributed by atoms with van der Waals surface area (Å²) in [5, 5.41) is 8.74. The Kier molecular flexibility index (Phi) is 3.24. The molecule has 0 heterocycles. The van der Waals surface area contributed by atoms with Crippen LogP contribution in [0.25, 0.3) is 0 Å². The van der Waals surface area contributed by atoms with Crippen LogP contribution >= 0.6 is 0 Å². The van der Waals surface area contributed by atoms with Crippen molar-refractivity contribution >= 4 is 5.69 Å². The first-order chi connectivity index (χ1) is 6.60. The van der Waals surface area contributed by atoms with Crippen molar-refractivity contribution in [1.29, 1.82) is 0 Å². The molecule has 0 aromatic heterocycles. The number of hydrogen-bond acceptors (Lipinski definition) is 3. The molecule has 0 radical (unpaired) electrons. The molecular weight excluding hydrogens is 192 g/mol. The Balaban J connectivity index is 3.14. The molecule has 0 atom stereocenters. The van der Waals surface area contributed by atoms with Crippen molar-refractivity contribution in [1.82, 2.24) is 0 Å². The molecule has 3 nitrogen and oxygen atoms in total. The van der Waals surface area contributed by atoms with E-state index < -0.39 is 11.6 Å². The molecule has 14 heavy (non-hydrogen) atoms. The molecule has 0 aliphatic carbocycles. The molecule has 1 N–H and O–H groups in total. The van der Waals surface area contributed by atoms with Gasteiger partial charge in [-0.3, -0.25) is 0 Å². The summed E-state index contributed by atoms with van der Waals surface area (Å²) in [6.07, 6.45) is 0. The van der Waals surface area contributed by atoms with Gasteiger partial charge in [-0.1, -0.05) is 0 Å². The van der Waals surface area contributed by atoms with Gasteiger partial charge in [0.1, 0.15) is 12.5 Å². The Labute approximate surface area is 80.5 Å². The highest BCUT2D eigenvalue weighted by Crippen LogP contribution is 2.26. The van der Waals surface area contributed by atoms with Gasteiger partial charge in [-0.2, -0.15) is 0 Å². The minimum absolute atomic E-state index is 0.00852. The molecule has 0 saturated carbocycles. The van der Waals surface area contributed by atoms with E-state index in [9.17, 15) is 8.78 Å². The second-order valence-electron chi connectivity index (χ2n) is 2.78. The molecule has 1 aromatic carbocycles. The van der Waals surface area contributed by atoms with Gasteiger partial charge < -0.3 is 14.7 Å². The van der Waals surface area contributed by atoms with Crippen LogP contribution in [0.2, 0.25) is 0 Å². The van der Waals surface area contributed by atoms with Crippen molar-refractivity contribution < 1.29 is 18.6 Å². The molecule has 1 aromatic rings. The average Bonchev–Trinajstić information content (AvgIpc) is 2.19. The number of ether oxygens (including phenoxy) is 1. The van der Waals surface area contributed by atoms with Crippen LogP contribution in [0.3, 0.4) is 0 Å². The van der Waals surface area contributed by atoms with Gasteiger partial charge in [0.05, 0.1) is 12.8 Å². The lowest BCUT2D eigenvalue weighted by Gasteiger charge is -2.17. The fraction of sp³-hybridized carbons (Fsp3) is 0.333. The predicted molar refractivity (Wildman–Crippen MR) is 48.4 cm³/mol. The van der Waals surface area contributed by atoms with E-state index in [0.29, 0.717) is 0 Å². The standard InChI is InChI=1S/C9H11F2NO2/c1-12(5-13)8-3-7(11)9(14-2)4-6(8)10/h3-4,13H,5H2,1-2H3. The summed E-state index contributed by atoms with van der Waals surface area (Å²) in [4.78, 5) is 1.18. The van der Waals surface area contributed by atoms with Crippen LogP contribution in [-0.2, 0) is 0 Å². The van der Waals surface area contributed by atoms with E-state index in [0.717, 1.165) is 12.1 Å². The summed E-state index contributed by atoms with van der Waals surface area (Å²) in [6.45, 7) is -0.386. The van der Waals surface area contributed by atoms with Gasteiger partial charge in [-0.25, -0.2) is 8.78 Å². The topological polar surface area (TPSA) is 32.7 Å². The molecular formula is C9H11F2NO2. The molecule has 0 aliphatic heterocycles. The summed E-state index contributed by atoms with van der Waals surface area (Å²) in [5.74, 6) is -1.46. The molecule has 0 fully saturated rings. The normalized spacial score (nSPS) is 10.1. The number of hydrogen-bond donors (Lipinski definition) is 1. The Morgan fingerprint density at radius 1 is 1.36 bits per heavy atom. The molecule has 0 saturated heterocycles. The number of rotatable bonds is 3. The maximum absolute atomic E-state index is 13.3. The predicted octanol–water partition coefficient (Wildman–Crippen LogP) is 1.36. The minimum Gasteiger partial charge on any atom is -0.494 e. The highest BCUT2D eigenvalue weighted by atomic mass is 19.1. The van der Waals surface area contributed by atoms with Gasteiger partial charge in [0.2, 0.25) is 0 Å². The molecule has 5 heteroatoms. The van der Waals surface area contributed by atoms with Crippen LogP contribution in [0.4, 0.5) is 14.5 Å². The maximum atomic E-state index is 13.3. The van der Waals surface area contributed by atoms with Crippen LogP contribution in [0.5, 0.6) is 5.75 Å². The highest BCUT2D eigenvalue weighted by Gasteiger charge is 2.12. The number of aliphatic hydroxyl groups is 1. The minimum atomic E-state index is -0.663. The SMILES string of the molecule is COc1cc(F)c(N(C)CO)cc1F. The number of aliphatic hydroxyl groups excluding tert-OH is 1. The quantitative estimate of drug-likeness (QED) is 0.753. The lowest BCUT2D eigenvalue weighted by molar-refractivity contribution is 0.297. The Hall–Kier alpha value is -1.36. The fourth-order valence-electron chi connectivity index (χ4n) is 1.04. The number of nitrogens with zero attached hydrogens (tertiary/aromatic N) is 1. The van der Waals surface area contributed by atoms with E-state index >= 15 is 0 Å². The van der Waals surface area contributed by atoms with E-state index in [2.05, 4.69) is 4.74 Å². The van der Waals surface area contributed by atoms with Crippen LogP contribution in [0.1, 0.15) is 0 Å². The van der Waals surface area contributed by atoms with E-state index in [4.69, 9.17) is 5.11 Å². The van der Waals surface area contributed by atoms with Crippen molar-refractivity contribution in [2.45, 2.75) is 0 Å². The number of anilines is 1. The lowest BCUT2D eigenvalue weighted by Crippen LogP contribution is -2.19. The third kappa shape index (κ3) is 1.93. The summed E-state index contributed by atoms with van der Waals surface area (Å²) >= 11 is 0. The van der Waals surface area contributed by atoms with Crippen LogP contribution in [0.15, 0.2) is 12.1 Å². The largest absolute Gasteiger partial charge is 0.494 e. The maximum Gasteiger partial charge on any atom is 0.167 e. The number of halogens is 2. The van der Waals surface area contributed by atoms with Crippen molar-refractivity contribution in [2.75, 3.05) is 25.8 Å². The van der Waals surface area contributed by atoms with Crippen molar-refractivity contribution in [3.05, 3.63) is 23.8 Å². The lowest BCUT2D eigenvalue weighted by atomic mass is 10.2. The van der Waals surface area contributed by atoms with Gasteiger partial charge in [0.25, 0.3) is 0 Å². The van der Waals surface area contributed by atoms with Crippen molar-refractivity contribution in [3.63, 3.8) is 0 Å². The third-order valence-electron chi connectivity index (χ3n) is 1.84. The monoisotopic (exact) mass is 203 g/mol. The molecule has 0 unspecified atom stereocenters. The molecule has 0 bridgehead atoms. The number of benzene rings is 1. The van der Waals surface area contributed by atoms with Crippen LogP contribution in [0, 0.1) is 11.6 Å². The molecule has 1 rings (SSSR count). The van der Waals surface area contributed by atoms with Gasteiger partial charge in [-0.15, -0.1) is 0 Å². The first-order valence-electron chi connectivity index (χ1n) is 3.95. The number of methoxy groups -OCH3 is 1. The summed E-state index contributed by atoms with van der Waals surface area (Å²) in [5.41, 5.74) is -0.00852. The first-order valence-corrected chi connectivity index (χ1v) is 3.95. The second-order valence-corrected chi connectivity index (χ2v) is 2.78. The second kappa shape index (κ2) is 4.23. The fourth-order valence-corrected chi connectivity index (χ4v) is 1.04. The van der Waals surface area contributed by atoms with Gasteiger partial charge in [-0.05, 0) is 0 Å². The Morgan fingerprint density at radius 3 is 2.50 bits per heavy atom. The van der Waals surface area contributed by atoms with E-state index in [1.807, 2.05) is 0 Å². The smallest absolute Gasteiger partial charge is 0.167 e. The molecule has 0 spiro atoms. The van der Waals surface area contributed by atoms with Crippen molar-refractivity contribution in [2.24, 2.45) is 0 Å². The van der Waals surface area contributed by atoms with E-state index in [1.165, 1.54) is 19.1 Å². The zero-order valence-electron chi connectivity index (χ0n) is 7.92. The average molecular weight is 203 g/mol. The van der Waals surface area contributed by atoms with Crippen LogP contribution < -0.4 is 9.64 Å². The Morgan fingerprint density at radius 2 is 2.00 bits per heavy atom. The Bertz CT molecular complexity index is 331. The van der Waals surface area contributed by atoms with Gasteiger partial charge in [0, 0.05) is 19.2 Å². The third-order valence-corrected chi connectivity index (χ3v) is 1.84. The van der Waals surface area contributed by atoms with Gasteiger partial charge in [0.15, 0.2) is 11.6 Å². The van der Waals surface area contributed by atoms with Gasteiger partial charge >= 0.3 is 0 Å². The molecule has 0 aliphatic rings. The zero-order chi connectivity index (χ0) is 10.7. The highest BCUT2D eigenvalue weighted by molar-refractivity contribution is 5.50. The van der Waals surface area contributed by atoms with E-state index in [-0.39, 0.29) is 18.2 Å². The molecule has 0 amide bonds. The summed E-state index contributed by atoms with van der Waals surface area (Å²) in [6, 6.07) is 1.92. The molecule has 78 valence electrons. The van der Waals surface area contributed by atoms with Crippen LogP contribution in [-0.4, -0.2) is 26.0 Å².